The Balaban J connectivity index is 1.15. The van der Waals surface area contributed by atoms with E-state index in [2.05, 4.69) is 5.32 Å². The molecule has 4 aromatic rings. The molecule has 3 heterocycles. The summed E-state index contributed by atoms with van der Waals surface area (Å²) in [5.74, 6) is -1.22. The van der Waals surface area contributed by atoms with Gasteiger partial charge in [-0.15, -0.1) is 0 Å². The number of carbonyl (C=O) groups excluding carboxylic acids is 3. The topological polar surface area (TPSA) is 145 Å². The molecule has 12 heteroatoms. The van der Waals surface area contributed by atoms with Gasteiger partial charge in [0.25, 0.3) is 11.8 Å². The molecule has 5 atom stereocenters. The van der Waals surface area contributed by atoms with E-state index in [0.717, 1.165) is 16.7 Å². The monoisotopic (exact) mass is 738 g/mol. The standard InChI is InChI=1S/C40H43ClN4O6Si/c1-24-37(52(2,3)50)35(20-36(47)44-22-28-7-5-4-6-27(28)18-32(44)23-46)51-40(24)33-19-29(41)12-17-34(33)45(39(40)49)21-25-8-15-31(16-9-25)43-38(48)26-10-13-30(42)14-11-26/h4-17,19,24,32,35,37,46,50H,18,20-23,42H2,1-3H3,(H,43,48)/t24-,32-,35+,37-,40+/m0/s1. The summed E-state index contributed by atoms with van der Waals surface area (Å²) in [5, 5.41) is 13.6. The highest BCUT2D eigenvalue weighted by Crippen LogP contribution is 2.60. The smallest absolute Gasteiger partial charge is 0.264 e. The van der Waals surface area contributed by atoms with E-state index in [1.807, 2.05) is 62.5 Å². The Morgan fingerprint density at radius 1 is 1.02 bits per heavy atom. The van der Waals surface area contributed by atoms with Gasteiger partial charge in [0.2, 0.25) is 5.91 Å². The number of hydrogen-bond donors (Lipinski definition) is 4. The Labute approximate surface area is 309 Å². The summed E-state index contributed by atoms with van der Waals surface area (Å²) in [4.78, 5) is 56.8. The Bertz CT molecular complexity index is 2020. The van der Waals surface area contributed by atoms with Crippen molar-refractivity contribution in [3.8, 4) is 0 Å². The van der Waals surface area contributed by atoms with Crippen molar-refractivity contribution in [2.75, 3.05) is 22.6 Å². The number of halogens is 1. The minimum atomic E-state index is -3.04. The number of nitrogens with zero attached hydrogens (tertiary/aromatic N) is 2. The zero-order valence-corrected chi connectivity index (χ0v) is 31.1. The summed E-state index contributed by atoms with van der Waals surface area (Å²) in [5.41, 5.74) is 9.71. The Kier molecular flexibility index (Phi) is 9.51. The zero-order chi connectivity index (χ0) is 36.9. The van der Waals surface area contributed by atoms with Crippen LogP contribution in [0.25, 0.3) is 0 Å². The van der Waals surface area contributed by atoms with Crippen LogP contribution < -0.4 is 16.0 Å². The maximum absolute atomic E-state index is 14.8. The van der Waals surface area contributed by atoms with Crippen LogP contribution in [-0.4, -0.2) is 59.6 Å². The molecule has 7 rings (SSSR count). The lowest BCUT2D eigenvalue weighted by atomic mass is 9.82. The van der Waals surface area contributed by atoms with E-state index < -0.39 is 31.5 Å². The largest absolute Gasteiger partial charge is 0.432 e. The van der Waals surface area contributed by atoms with Crippen molar-refractivity contribution >= 4 is 54.7 Å². The van der Waals surface area contributed by atoms with Crippen LogP contribution in [0.2, 0.25) is 23.7 Å². The quantitative estimate of drug-likeness (QED) is 0.131. The molecule has 52 heavy (non-hydrogen) atoms. The molecule has 10 nitrogen and oxygen atoms in total. The van der Waals surface area contributed by atoms with Crippen molar-refractivity contribution in [1.82, 2.24) is 4.90 Å². The second-order valence-corrected chi connectivity index (χ2v) is 19.1. The predicted molar refractivity (Wildman–Crippen MR) is 203 cm³/mol. The zero-order valence-electron chi connectivity index (χ0n) is 29.4. The molecule has 0 saturated carbocycles. The van der Waals surface area contributed by atoms with Crippen molar-refractivity contribution in [3.63, 3.8) is 0 Å². The maximum Gasteiger partial charge on any atom is 0.264 e. The van der Waals surface area contributed by atoms with Crippen molar-refractivity contribution < 1.29 is 29.0 Å². The normalized spacial score (nSPS) is 23.8. The van der Waals surface area contributed by atoms with Crippen molar-refractivity contribution in [3.05, 3.63) is 124 Å². The summed E-state index contributed by atoms with van der Waals surface area (Å²) < 4.78 is 6.89. The van der Waals surface area contributed by atoms with Crippen LogP contribution in [0.3, 0.4) is 0 Å². The number of nitrogens with two attached hydrogens (primary N) is 1. The number of anilines is 3. The van der Waals surface area contributed by atoms with Gasteiger partial charge in [0.15, 0.2) is 13.9 Å². The number of ether oxygens (including phenoxy) is 1. The average molecular weight is 739 g/mol. The molecule has 5 N–H and O–H groups in total. The molecular weight excluding hydrogens is 696 g/mol. The van der Waals surface area contributed by atoms with Crippen LogP contribution >= 0.6 is 11.6 Å². The molecule has 3 aliphatic heterocycles. The number of nitrogen functional groups attached to an aromatic ring is 1. The number of benzene rings is 4. The van der Waals surface area contributed by atoms with E-state index in [0.29, 0.717) is 46.2 Å². The SMILES string of the molecule is C[C@H]1[C@H]([Si](C)(C)O)[C@@H](CC(=O)N2Cc3ccccc3C[C@H]2CO)O[C@]12C(=O)N(Cc1ccc(NC(=O)c3ccc(N)cc3)cc1)c1ccc(Cl)cc12. The molecule has 0 unspecified atom stereocenters. The highest BCUT2D eigenvalue weighted by atomic mass is 35.5. The first kappa shape index (κ1) is 35.9. The van der Waals surface area contributed by atoms with Gasteiger partial charge < -0.3 is 35.5 Å². The van der Waals surface area contributed by atoms with Gasteiger partial charge in [0.05, 0.1) is 37.4 Å². The second kappa shape index (κ2) is 13.8. The van der Waals surface area contributed by atoms with Crippen LogP contribution in [0, 0.1) is 5.92 Å². The number of rotatable bonds is 8. The van der Waals surface area contributed by atoms with Crippen LogP contribution in [-0.2, 0) is 39.4 Å². The fraction of sp³-hybridized carbons (Fsp3) is 0.325. The minimum absolute atomic E-state index is 0.0425. The van der Waals surface area contributed by atoms with Gasteiger partial charge in [-0.1, -0.05) is 54.9 Å². The number of fused-ring (bicyclic) bond motifs is 3. The minimum Gasteiger partial charge on any atom is -0.432 e. The molecule has 1 saturated heterocycles. The molecule has 270 valence electrons. The van der Waals surface area contributed by atoms with Gasteiger partial charge in [-0.2, -0.15) is 0 Å². The lowest BCUT2D eigenvalue weighted by Crippen LogP contribution is -2.48. The molecule has 1 spiro atoms. The summed E-state index contributed by atoms with van der Waals surface area (Å²) >= 11 is 6.57. The van der Waals surface area contributed by atoms with E-state index in [1.165, 1.54) is 0 Å². The Morgan fingerprint density at radius 3 is 2.38 bits per heavy atom. The molecule has 3 aliphatic rings. The number of carbonyl (C=O) groups is 3. The van der Waals surface area contributed by atoms with Gasteiger partial charge in [-0.25, -0.2) is 0 Å². The Hall–Kier alpha value is -4.52. The van der Waals surface area contributed by atoms with Gasteiger partial charge in [0, 0.05) is 45.5 Å². The van der Waals surface area contributed by atoms with E-state index in [9.17, 15) is 24.3 Å². The summed E-state index contributed by atoms with van der Waals surface area (Å²) in [6.07, 6.45) is -0.243. The highest BCUT2D eigenvalue weighted by molar-refractivity contribution is 6.71. The molecular formula is C40H43ClN4O6Si. The lowest BCUT2D eigenvalue weighted by Gasteiger charge is -2.37. The van der Waals surface area contributed by atoms with Crippen LogP contribution in [0.5, 0.6) is 0 Å². The van der Waals surface area contributed by atoms with E-state index in [4.69, 9.17) is 22.1 Å². The van der Waals surface area contributed by atoms with Crippen molar-refractivity contribution in [2.45, 2.75) is 69.2 Å². The van der Waals surface area contributed by atoms with Gasteiger partial charge in [-0.05, 0) is 90.8 Å². The number of hydrogen-bond acceptors (Lipinski definition) is 7. The fourth-order valence-electron chi connectivity index (χ4n) is 8.45. The first-order valence-electron chi connectivity index (χ1n) is 17.5. The first-order chi connectivity index (χ1) is 24.8. The van der Waals surface area contributed by atoms with Crippen molar-refractivity contribution in [2.24, 2.45) is 5.92 Å². The third-order valence-corrected chi connectivity index (χ3v) is 13.7. The second-order valence-electron chi connectivity index (χ2n) is 14.7. The maximum atomic E-state index is 14.8. The van der Waals surface area contributed by atoms with Crippen LogP contribution in [0.4, 0.5) is 17.1 Å². The van der Waals surface area contributed by atoms with Crippen molar-refractivity contribution in [1.29, 1.82) is 0 Å². The summed E-state index contributed by atoms with van der Waals surface area (Å²) in [6.45, 7) is 5.99. The molecule has 3 amide bonds. The lowest BCUT2D eigenvalue weighted by molar-refractivity contribution is -0.151. The van der Waals surface area contributed by atoms with Gasteiger partial charge >= 0.3 is 0 Å². The number of amides is 3. The van der Waals surface area contributed by atoms with E-state index in [-0.39, 0.29) is 43.3 Å². The molecule has 0 aromatic heterocycles. The van der Waals surface area contributed by atoms with Crippen LogP contribution in [0.1, 0.15) is 46.0 Å². The van der Waals surface area contributed by atoms with E-state index in [1.54, 1.807) is 58.3 Å². The molecule has 0 radical (unpaired) electrons. The Morgan fingerprint density at radius 2 is 1.71 bits per heavy atom. The summed E-state index contributed by atoms with van der Waals surface area (Å²) in [7, 11) is -3.04. The average Bonchev–Trinajstić information content (AvgIpc) is 3.54. The van der Waals surface area contributed by atoms with Gasteiger partial charge in [-0.3, -0.25) is 14.4 Å². The van der Waals surface area contributed by atoms with Crippen LogP contribution in [0.15, 0.2) is 91.0 Å². The number of nitrogens with one attached hydrogen (secondary N) is 1. The molecule has 1 fully saturated rings. The fourth-order valence-corrected chi connectivity index (χ4v) is 11.2. The molecule has 4 aromatic carbocycles. The van der Waals surface area contributed by atoms with Gasteiger partial charge in [0.1, 0.15) is 0 Å². The number of aliphatic hydroxyl groups is 1. The predicted octanol–water partition coefficient (Wildman–Crippen LogP) is 5.86. The highest BCUT2D eigenvalue weighted by Gasteiger charge is 2.66. The molecule has 0 bridgehead atoms. The summed E-state index contributed by atoms with van der Waals surface area (Å²) in [6, 6.07) is 26.8. The third-order valence-electron chi connectivity index (χ3n) is 10.9. The first-order valence-corrected chi connectivity index (χ1v) is 21.0. The number of aliphatic hydroxyl groups excluding tert-OH is 1. The van der Waals surface area contributed by atoms with E-state index >= 15 is 0 Å². The third kappa shape index (κ3) is 6.41. The molecule has 0 aliphatic carbocycles.